The highest BCUT2D eigenvalue weighted by Crippen LogP contribution is 2.35. The van der Waals surface area contributed by atoms with E-state index in [9.17, 15) is 10.2 Å². The molecule has 1 aliphatic rings. The number of aliphatic hydroxyl groups excluding tert-OH is 1. The van der Waals surface area contributed by atoms with Gasteiger partial charge in [0.2, 0.25) is 0 Å². The van der Waals surface area contributed by atoms with E-state index in [0.717, 1.165) is 29.8 Å². The zero-order valence-corrected chi connectivity index (χ0v) is 13.7. The molecule has 2 aromatic carbocycles. The minimum Gasteiger partial charge on any atom is -0.387 e. The number of nitrogens with zero attached hydrogens (tertiary/aromatic N) is 1. The maximum Gasteiger partial charge on any atom is 0.0923 e. The molecule has 0 aliphatic carbocycles. The van der Waals surface area contributed by atoms with Crippen LogP contribution in [0, 0.1) is 6.92 Å². The van der Waals surface area contributed by atoms with E-state index >= 15 is 0 Å². The van der Waals surface area contributed by atoms with E-state index < -0.39 is 11.7 Å². The zero-order valence-electron chi connectivity index (χ0n) is 13.7. The van der Waals surface area contributed by atoms with Crippen LogP contribution in [-0.2, 0) is 5.60 Å². The van der Waals surface area contributed by atoms with Gasteiger partial charge < -0.3 is 15.1 Å². The molecule has 3 rings (SSSR count). The van der Waals surface area contributed by atoms with E-state index in [4.69, 9.17) is 0 Å². The number of benzene rings is 2. The highest BCUT2D eigenvalue weighted by molar-refractivity contribution is 5.31. The molecule has 0 spiro atoms. The zero-order chi connectivity index (χ0) is 16.3. The van der Waals surface area contributed by atoms with Gasteiger partial charge in [-0.3, -0.25) is 0 Å². The number of piperidine rings is 1. The largest absolute Gasteiger partial charge is 0.387 e. The van der Waals surface area contributed by atoms with Crippen molar-refractivity contribution in [2.24, 2.45) is 0 Å². The Hall–Kier alpha value is -1.68. The van der Waals surface area contributed by atoms with Crippen molar-refractivity contribution < 1.29 is 10.2 Å². The lowest BCUT2D eigenvalue weighted by molar-refractivity contribution is -0.0348. The van der Waals surface area contributed by atoms with Crippen molar-refractivity contribution in [2.45, 2.75) is 31.5 Å². The van der Waals surface area contributed by atoms with Crippen LogP contribution >= 0.6 is 0 Å². The van der Waals surface area contributed by atoms with E-state index in [-0.39, 0.29) is 0 Å². The Kier molecular flexibility index (Phi) is 4.81. The van der Waals surface area contributed by atoms with Crippen molar-refractivity contribution >= 4 is 0 Å². The molecule has 0 amide bonds. The quantitative estimate of drug-likeness (QED) is 0.912. The van der Waals surface area contributed by atoms with Crippen LogP contribution in [0.25, 0.3) is 0 Å². The van der Waals surface area contributed by atoms with Crippen LogP contribution < -0.4 is 0 Å². The van der Waals surface area contributed by atoms with Gasteiger partial charge in [-0.25, -0.2) is 0 Å². The number of likely N-dealkylation sites (tertiary alicyclic amines) is 1. The molecule has 3 nitrogen and oxygen atoms in total. The minimum absolute atomic E-state index is 0.471. The molecule has 1 unspecified atom stereocenters. The Morgan fingerprint density at radius 2 is 1.61 bits per heavy atom. The fourth-order valence-electron chi connectivity index (χ4n) is 3.50. The molecule has 3 heteroatoms. The van der Waals surface area contributed by atoms with E-state index in [1.165, 1.54) is 0 Å². The molecule has 122 valence electrons. The Morgan fingerprint density at radius 3 is 2.26 bits per heavy atom. The maximum atomic E-state index is 11.0. The third kappa shape index (κ3) is 3.63. The number of hydrogen-bond donors (Lipinski definition) is 2. The van der Waals surface area contributed by atoms with Gasteiger partial charge in [0, 0.05) is 19.6 Å². The predicted molar refractivity (Wildman–Crippen MR) is 92.2 cm³/mol. The number of aryl methyl sites for hydroxylation is 1. The minimum atomic E-state index is -0.737. The first-order valence-corrected chi connectivity index (χ1v) is 8.32. The summed E-state index contributed by atoms with van der Waals surface area (Å²) >= 11 is 0. The molecule has 2 N–H and O–H groups in total. The summed E-state index contributed by atoms with van der Waals surface area (Å²) < 4.78 is 0. The maximum absolute atomic E-state index is 11.0. The highest BCUT2D eigenvalue weighted by Gasteiger charge is 2.35. The molecule has 23 heavy (non-hydrogen) atoms. The van der Waals surface area contributed by atoms with Crippen molar-refractivity contribution in [2.75, 3.05) is 19.6 Å². The molecule has 0 bridgehead atoms. The smallest absolute Gasteiger partial charge is 0.0923 e. The van der Waals surface area contributed by atoms with Crippen LogP contribution in [0.1, 0.15) is 35.6 Å². The molecule has 1 aliphatic heterocycles. The van der Waals surface area contributed by atoms with Gasteiger partial charge in [0.25, 0.3) is 0 Å². The second-order valence-electron chi connectivity index (χ2n) is 6.57. The van der Waals surface area contributed by atoms with Gasteiger partial charge in [-0.1, -0.05) is 54.6 Å². The summed E-state index contributed by atoms with van der Waals surface area (Å²) in [6.07, 6.45) is 0.944. The van der Waals surface area contributed by atoms with Crippen LogP contribution in [0.4, 0.5) is 0 Å². The monoisotopic (exact) mass is 311 g/mol. The molecule has 1 fully saturated rings. The number of aliphatic hydroxyl groups is 2. The van der Waals surface area contributed by atoms with E-state index in [1.54, 1.807) is 0 Å². The van der Waals surface area contributed by atoms with Crippen LogP contribution in [0.15, 0.2) is 54.6 Å². The number of rotatable bonds is 4. The lowest BCUT2D eigenvalue weighted by atomic mass is 9.82. The standard InChI is InChI=1S/C20H25NO2/c1-16-7-5-6-10-18(16)20(23)11-13-21(14-12-20)15-19(22)17-8-3-2-4-9-17/h2-10,19,22-23H,11-15H2,1H3. The fourth-order valence-corrected chi connectivity index (χ4v) is 3.50. The first-order chi connectivity index (χ1) is 11.1. The molecule has 0 radical (unpaired) electrons. The second kappa shape index (κ2) is 6.83. The van der Waals surface area contributed by atoms with Crippen LogP contribution in [-0.4, -0.2) is 34.7 Å². The third-order valence-electron chi connectivity index (χ3n) is 4.95. The molecular weight excluding hydrogens is 286 g/mol. The molecule has 1 heterocycles. The topological polar surface area (TPSA) is 43.7 Å². The number of β-amino-alcohol motifs (C(OH)–C–C–N with tert-alkyl or cyclic N) is 1. The average molecular weight is 311 g/mol. The molecule has 0 aromatic heterocycles. The van der Waals surface area contributed by atoms with Gasteiger partial charge in [-0.05, 0) is 36.5 Å². The van der Waals surface area contributed by atoms with Crippen LogP contribution in [0.2, 0.25) is 0 Å². The molecular formula is C20H25NO2. The first-order valence-electron chi connectivity index (χ1n) is 8.32. The van der Waals surface area contributed by atoms with Crippen molar-refractivity contribution in [1.82, 2.24) is 4.90 Å². The Balaban J connectivity index is 1.61. The van der Waals surface area contributed by atoms with Gasteiger partial charge in [-0.2, -0.15) is 0 Å². The lowest BCUT2D eigenvalue weighted by Crippen LogP contribution is -2.44. The molecule has 1 atom stereocenters. The summed E-state index contributed by atoms with van der Waals surface area (Å²) in [7, 11) is 0. The van der Waals surface area contributed by atoms with Crippen molar-refractivity contribution in [1.29, 1.82) is 0 Å². The van der Waals surface area contributed by atoms with Gasteiger partial charge in [0.05, 0.1) is 11.7 Å². The van der Waals surface area contributed by atoms with Crippen molar-refractivity contribution in [3.63, 3.8) is 0 Å². The van der Waals surface area contributed by atoms with E-state index in [2.05, 4.69) is 17.9 Å². The molecule has 0 saturated carbocycles. The SMILES string of the molecule is Cc1ccccc1C1(O)CCN(CC(O)c2ccccc2)CC1. The van der Waals surface area contributed by atoms with Crippen molar-refractivity contribution in [3.8, 4) is 0 Å². The Morgan fingerprint density at radius 1 is 1.00 bits per heavy atom. The molecule has 1 saturated heterocycles. The summed E-state index contributed by atoms with van der Waals surface area (Å²) in [6, 6.07) is 17.9. The summed E-state index contributed by atoms with van der Waals surface area (Å²) in [5.41, 5.74) is 2.41. The average Bonchev–Trinajstić information content (AvgIpc) is 2.58. The first kappa shape index (κ1) is 16.2. The van der Waals surface area contributed by atoms with Gasteiger partial charge in [-0.15, -0.1) is 0 Å². The summed E-state index contributed by atoms with van der Waals surface area (Å²) in [5.74, 6) is 0. The van der Waals surface area contributed by atoms with Crippen LogP contribution in [0.5, 0.6) is 0 Å². The lowest BCUT2D eigenvalue weighted by Gasteiger charge is -2.39. The van der Waals surface area contributed by atoms with Gasteiger partial charge >= 0.3 is 0 Å². The van der Waals surface area contributed by atoms with Crippen LogP contribution in [0.3, 0.4) is 0 Å². The highest BCUT2D eigenvalue weighted by atomic mass is 16.3. The fraction of sp³-hybridized carbons (Fsp3) is 0.400. The predicted octanol–water partition coefficient (Wildman–Crippen LogP) is 3.01. The summed E-state index contributed by atoms with van der Waals surface area (Å²) in [4.78, 5) is 2.24. The molecule has 2 aromatic rings. The van der Waals surface area contributed by atoms with E-state index in [1.807, 2.05) is 48.5 Å². The Labute approximate surface area is 138 Å². The van der Waals surface area contributed by atoms with Gasteiger partial charge in [0.1, 0.15) is 0 Å². The third-order valence-corrected chi connectivity index (χ3v) is 4.95. The number of hydrogen-bond acceptors (Lipinski definition) is 3. The normalized spacial score (nSPS) is 19.4. The summed E-state index contributed by atoms with van der Waals surface area (Å²) in [5, 5.41) is 21.4. The second-order valence-corrected chi connectivity index (χ2v) is 6.57. The van der Waals surface area contributed by atoms with E-state index in [0.29, 0.717) is 19.4 Å². The summed E-state index contributed by atoms with van der Waals surface area (Å²) in [6.45, 7) is 4.27. The van der Waals surface area contributed by atoms with Gasteiger partial charge in [0.15, 0.2) is 0 Å². The Bertz CT molecular complexity index is 633. The van der Waals surface area contributed by atoms with Crippen molar-refractivity contribution in [3.05, 3.63) is 71.3 Å².